The van der Waals surface area contributed by atoms with E-state index in [4.69, 9.17) is 26.3 Å². The molecule has 2 aromatic rings. The summed E-state index contributed by atoms with van der Waals surface area (Å²) in [6.45, 7) is 1.44. The minimum Gasteiger partial charge on any atom is -0.479 e. The van der Waals surface area contributed by atoms with E-state index in [1.165, 1.54) is 6.92 Å². The highest BCUT2D eigenvalue weighted by atomic mass is 35.5. The topological polar surface area (TPSA) is 88.4 Å². The van der Waals surface area contributed by atoms with E-state index in [0.717, 1.165) is 5.56 Å². The SMILES string of the molecule is C[C@H](Oc1ccc(C#N)cc1)C(=O)OCC(=O)NCc1ccc(Cl)cc1. The van der Waals surface area contributed by atoms with Crippen LogP contribution in [0.25, 0.3) is 0 Å². The number of hydrogen-bond donors (Lipinski definition) is 1. The summed E-state index contributed by atoms with van der Waals surface area (Å²) in [5, 5.41) is 12.0. The molecule has 2 aromatic carbocycles. The van der Waals surface area contributed by atoms with Gasteiger partial charge in [-0.25, -0.2) is 4.79 Å². The van der Waals surface area contributed by atoms with E-state index in [9.17, 15) is 9.59 Å². The minimum atomic E-state index is -0.882. The van der Waals surface area contributed by atoms with Crippen LogP contribution in [-0.4, -0.2) is 24.6 Å². The van der Waals surface area contributed by atoms with Gasteiger partial charge in [0.05, 0.1) is 11.6 Å². The number of amides is 1. The van der Waals surface area contributed by atoms with Crippen molar-refractivity contribution in [3.63, 3.8) is 0 Å². The summed E-state index contributed by atoms with van der Waals surface area (Å²) in [5.74, 6) is -0.643. The average Bonchev–Trinajstić information content (AvgIpc) is 2.66. The lowest BCUT2D eigenvalue weighted by molar-refractivity contribution is -0.154. The third-order valence-electron chi connectivity index (χ3n) is 3.38. The molecule has 0 heterocycles. The first kappa shape index (κ1) is 19.3. The number of carbonyl (C=O) groups is 2. The van der Waals surface area contributed by atoms with Gasteiger partial charge in [-0.2, -0.15) is 5.26 Å². The Labute approximate surface area is 156 Å². The summed E-state index contributed by atoms with van der Waals surface area (Å²) in [4.78, 5) is 23.6. The largest absolute Gasteiger partial charge is 0.479 e. The van der Waals surface area contributed by atoms with Gasteiger partial charge in [-0.1, -0.05) is 23.7 Å². The van der Waals surface area contributed by atoms with Crippen molar-refractivity contribution in [2.45, 2.75) is 19.6 Å². The fourth-order valence-corrected chi connectivity index (χ4v) is 2.09. The van der Waals surface area contributed by atoms with Crippen molar-refractivity contribution in [2.75, 3.05) is 6.61 Å². The standard InChI is InChI=1S/C19H17ClN2O4/c1-13(26-17-8-4-14(10-21)5-9-17)19(24)25-12-18(23)22-11-15-2-6-16(20)7-3-15/h2-9,13H,11-12H2,1H3,(H,22,23)/t13-/m0/s1. The van der Waals surface area contributed by atoms with Crippen LogP contribution in [0.5, 0.6) is 5.75 Å². The predicted molar refractivity (Wildman–Crippen MR) is 95.5 cm³/mol. The quantitative estimate of drug-likeness (QED) is 0.755. The lowest BCUT2D eigenvalue weighted by Gasteiger charge is -2.14. The number of nitrogens with zero attached hydrogens (tertiary/aromatic N) is 1. The molecule has 7 heteroatoms. The number of halogens is 1. The molecule has 0 aliphatic carbocycles. The molecule has 0 bridgehead atoms. The van der Waals surface area contributed by atoms with E-state index in [1.807, 2.05) is 6.07 Å². The molecular weight excluding hydrogens is 356 g/mol. The number of hydrogen-bond acceptors (Lipinski definition) is 5. The van der Waals surface area contributed by atoms with E-state index < -0.39 is 24.6 Å². The van der Waals surface area contributed by atoms with E-state index in [1.54, 1.807) is 48.5 Å². The van der Waals surface area contributed by atoms with E-state index >= 15 is 0 Å². The van der Waals surface area contributed by atoms with Crippen molar-refractivity contribution in [2.24, 2.45) is 0 Å². The lowest BCUT2D eigenvalue weighted by atomic mass is 10.2. The maximum Gasteiger partial charge on any atom is 0.347 e. The lowest BCUT2D eigenvalue weighted by Crippen LogP contribution is -2.32. The first-order valence-electron chi connectivity index (χ1n) is 7.82. The molecule has 1 amide bonds. The number of nitriles is 1. The molecule has 2 rings (SSSR count). The highest BCUT2D eigenvalue weighted by molar-refractivity contribution is 6.30. The van der Waals surface area contributed by atoms with E-state index in [2.05, 4.69) is 5.32 Å². The van der Waals surface area contributed by atoms with Crippen LogP contribution in [-0.2, 0) is 20.9 Å². The average molecular weight is 373 g/mol. The van der Waals surface area contributed by atoms with Gasteiger partial charge in [0.15, 0.2) is 12.7 Å². The second-order valence-electron chi connectivity index (χ2n) is 5.41. The molecule has 1 N–H and O–H groups in total. The zero-order valence-corrected chi connectivity index (χ0v) is 14.8. The van der Waals surface area contributed by atoms with Crippen LogP contribution in [0.3, 0.4) is 0 Å². The molecule has 0 saturated heterocycles. The van der Waals surface area contributed by atoms with Crippen molar-refractivity contribution in [3.05, 3.63) is 64.7 Å². The first-order valence-corrected chi connectivity index (χ1v) is 8.20. The Balaban J connectivity index is 1.73. The number of benzene rings is 2. The molecule has 134 valence electrons. The van der Waals surface area contributed by atoms with Gasteiger partial charge in [0.25, 0.3) is 5.91 Å². The summed E-state index contributed by atoms with van der Waals surface area (Å²) in [5.41, 5.74) is 1.37. The van der Waals surface area contributed by atoms with Gasteiger partial charge in [-0.15, -0.1) is 0 Å². The van der Waals surface area contributed by atoms with Crippen LogP contribution in [0.15, 0.2) is 48.5 Å². The summed E-state index contributed by atoms with van der Waals surface area (Å²) < 4.78 is 10.4. The van der Waals surface area contributed by atoms with E-state index in [0.29, 0.717) is 22.9 Å². The molecule has 1 atom stereocenters. The molecular formula is C19H17ClN2O4. The van der Waals surface area contributed by atoms with Gasteiger partial charge in [-0.05, 0) is 48.9 Å². The third-order valence-corrected chi connectivity index (χ3v) is 3.63. The number of carbonyl (C=O) groups excluding carboxylic acids is 2. The molecule has 0 aliphatic heterocycles. The third kappa shape index (κ3) is 6.11. The summed E-state index contributed by atoms with van der Waals surface area (Å²) >= 11 is 5.79. The van der Waals surface area contributed by atoms with Crippen molar-refractivity contribution < 1.29 is 19.1 Å². The molecule has 26 heavy (non-hydrogen) atoms. The van der Waals surface area contributed by atoms with Gasteiger partial charge in [0.1, 0.15) is 5.75 Å². The van der Waals surface area contributed by atoms with Crippen molar-refractivity contribution in [1.29, 1.82) is 5.26 Å². The smallest absolute Gasteiger partial charge is 0.347 e. The fourth-order valence-electron chi connectivity index (χ4n) is 1.97. The van der Waals surface area contributed by atoms with E-state index in [-0.39, 0.29) is 0 Å². The Hall–Kier alpha value is -3.04. The molecule has 0 radical (unpaired) electrons. The Morgan fingerprint density at radius 1 is 1.15 bits per heavy atom. The number of ether oxygens (including phenoxy) is 2. The van der Waals surface area contributed by atoms with Gasteiger partial charge in [0.2, 0.25) is 0 Å². The Kier molecular flexibility index (Phi) is 7.01. The van der Waals surface area contributed by atoms with Gasteiger partial charge in [0, 0.05) is 11.6 Å². The van der Waals surface area contributed by atoms with Gasteiger partial charge >= 0.3 is 5.97 Å². The highest BCUT2D eigenvalue weighted by Crippen LogP contribution is 2.14. The van der Waals surface area contributed by atoms with Crippen LogP contribution in [0.4, 0.5) is 0 Å². The predicted octanol–water partition coefficient (Wildman–Crippen LogP) is 2.84. The molecule has 0 unspecified atom stereocenters. The zero-order valence-electron chi connectivity index (χ0n) is 14.1. The maximum atomic E-state index is 11.9. The highest BCUT2D eigenvalue weighted by Gasteiger charge is 2.17. The normalized spacial score (nSPS) is 11.1. The number of esters is 1. The van der Waals surface area contributed by atoms with Gasteiger partial charge in [-0.3, -0.25) is 4.79 Å². The molecule has 0 aromatic heterocycles. The fraction of sp³-hybridized carbons (Fsp3) is 0.211. The van der Waals surface area contributed by atoms with Crippen LogP contribution in [0.1, 0.15) is 18.1 Å². The number of nitrogens with one attached hydrogen (secondary N) is 1. The van der Waals surface area contributed by atoms with Crippen LogP contribution in [0.2, 0.25) is 5.02 Å². The van der Waals surface area contributed by atoms with Crippen LogP contribution in [0, 0.1) is 11.3 Å². The molecule has 0 fully saturated rings. The second kappa shape index (κ2) is 9.44. The van der Waals surface area contributed by atoms with Gasteiger partial charge < -0.3 is 14.8 Å². The van der Waals surface area contributed by atoms with Crippen LogP contribution >= 0.6 is 11.6 Å². The maximum absolute atomic E-state index is 11.9. The van der Waals surface area contributed by atoms with Crippen LogP contribution < -0.4 is 10.1 Å². The van der Waals surface area contributed by atoms with Crippen molar-refractivity contribution >= 4 is 23.5 Å². The molecule has 0 saturated carbocycles. The van der Waals surface area contributed by atoms with Crippen molar-refractivity contribution in [1.82, 2.24) is 5.32 Å². The monoisotopic (exact) mass is 372 g/mol. The molecule has 0 aliphatic rings. The second-order valence-corrected chi connectivity index (χ2v) is 5.84. The first-order chi connectivity index (χ1) is 12.5. The summed E-state index contributed by atoms with van der Waals surface area (Å²) in [6.07, 6.45) is -0.882. The zero-order chi connectivity index (χ0) is 18.9. The Bertz CT molecular complexity index is 798. The molecule has 6 nitrogen and oxygen atoms in total. The molecule has 0 spiro atoms. The summed E-state index contributed by atoms with van der Waals surface area (Å²) in [6, 6.07) is 15.4. The summed E-state index contributed by atoms with van der Waals surface area (Å²) in [7, 11) is 0. The number of rotatable bonds is 7. The van der Waals surface area contributed by atoms with Crippen molar-refractivity contribution in [3.8, 4) is 11.8 Å². The Morgan fingerprint density at radius 3 is 2.42 bits per heavy atom. The minimum absolute atomic E-state index is 0.310. The Morgan fingerprint density at radius 2 is 1.81 bits per heavy atom.